The number of hydrogen-bond acceptors (Lipinski definition) is 3. The van der Waals surface area contributed by atoms with Crippen LogP contribution in [0.5, 0.6) is 0 Å². The molecule has 23 heavy (non-hydrogen) atoms. The number of carbonyl (C=O) groups excluding carboxylic acids is 1. The molecular weight excluding hydrogens is 352 g/mol. The SMILES string of the molecule is CCOC(=O)C[C@H](N)c1cc(C(F)(F)F)cc(C(F)(F)F)c1.Cl. The van der Waals surface area contributed by atoms with E-state index in [0.29, 0.717) is 12.1 Å². The van der Waals surface area contributed by atoms with E-state index in [4.69, 9.17) is 5.73 Å². The molecule has 10 heteroatoms. The summed E-state index contributed by atoms with van der Waals surface area (Å²) in [6, 6.07) is -0.332. The lowest BCUT2D eigenvalue weighted by atomic mass is 9.98. The van der Waals surface area contributed by atoms with Gasteiger partial charge in [-0.2, -0.15) is 26.3 Å². The summed E-state index contributed by atoms with van der Waals surface area (Å²) in [6.45, 7) is 1.54. The molecule has 0 saturated carbocycles. The van der Waals surface area contributed by atoms with Gasteiger partial charge in [0.1, 0.15) is 0 Å². The first kappa shape index (κ1) is 21.5. The van der Waals surface area contributed by atoms with Gasteiger partial charge in [-0.05, 0) is 30.7 Å². The lowest BCUT2D eigenvalue weighted by molar-refractivity contribution is -0.143. The molecule has 0 aliphatic heterocycles. The molecule has 1 rings (SSSR count). The van der Waals surface area contributed by atoms with Crippen molar-refractivity contribution in [2.24, 2.45) is 5.73 Å². The van der Waals surface area contributed by atoms with Gasteiger partial charge in [0.05, 0.1) is 24.2 Å². The number of nitrogens with two attached hydrogens (primary N) is 1. The van der Waals surface area contributed by atoms with Gasteiger partial charge in [0.25, 0.3) is 0 Å². The van der Waals surface area contributed by atoms with Gasteiger partial charge >= 0.3 is 18.3 Å². The Morgan fingerprint density at radius 2 is 1.52 bits per heavy atom. The number of benzene rings is 1. The third-order valence-electron chi connectivity index (χ3n) is 2.73. The van der Waals surface area contributed by atoms with E-state index < -0.39 is 47.5 Å². The minimum atomic E-state index is -4.96. The van der Waals surface area contributed by atoms with Crippen molar-refractivity contribution in [3.05, 3.63) is 34.9 Å². The number of alkyl halides is 6. The highest BCUT2D eigenvalue weighted by molar-refractivity contribution is 5.85. The van der Waals surface area contributed by atoms with Crippen LogP contribution in [0.3, 0.4) is 0 Å². The Balaban J connectivity index is 0.00000484. The van der Waals surface area contributed by atoms with E-state index in [2.05, 4.69) is 4.74 Å². The second-order valence-corrected chi connectivity index (χ2v) is 4.45. The number of rotatable bonds is 4. The summed E-state index contributed by atoms with van der Waals surface area (Å²) in [5.74, 6) is -0.805. The lowest BCUT2D eigenvalue weighted by Gasteiger charge is -2.17. The van der Waals surface area contributed by atoms with Gasteiger partial charge in [0.15, 0.2) is 0 Å². The second kappa shape index (κ2) is 7.87. The molecule has 0 heterocycles. The summed E-state index contributed by atoms with van der Waals surface area (Å²) in [6.07, 6.45) is -10.4. The van der Waals surface area contributed by atoms with E-state index in [0.717, 1.165) is 0 Å². The summed E-state index contributed by atoms with van der Waals surface area (Å²) in [5, 5.41) is 0. The minimum Gasteiger partial charge on any atom is -0.466 e. The van der Waals surface area contributed by atoms with E-state index in [1.54, 1.807) is 0 Å². The highest BCUT2D eigenvalue weighted by atomic mass is 35.5. The number of esters is 1. The monoisotopic (exact) mass is 365 g/mol. The maximum absolute atomic E-state index is 12.7. The Labute approximate surface area is 134 Å². The zero-order valence-electron chi connectivity index (χ0n) is 11.8. The Hall–Kier alpha value is -1.48. The largest absolute Gasteiger partial charge is 0.466 e. The van der Waals surface area contributed by atoms with E-state index in [-0.39, 0.29) is 25.1 Å². The Morgan fingerprint density at radius 1 is 1.09 bits per heavy atom. The molecule has 2 N–H and O–H groups in total. The minimum absolute atomic E-state index is 0. The zero-order valence-corrected chi connectivity index (χ0v) is 12.6. The first-order valence-electron chi connectivity index (χ1n) is 6.15. The molecule has 132 valence electrons. The fourth-order valence-corrected chi connectivity index (χ4v) is 1.71. The van der Waals surface area contributed by atoms with Gasteiger partial charge in [-0.25, -0.2) is 0 Å². The molecule has 0 unspecified atom stereocenters. The van der Waals surface area contributed by atoms with Crippen LogP contribution in [0.1, 0.15) is 36.1 Å². The quantitative estimate of drug-likeness (QED) is 0.645. The van der Waals surface area contributed by atoms with Crippen molar-refractivity contribution in [2.45, 2.75) is 31.7 Å². The Morgan fingerprint density at radius 3 is 1.87 bits per heavy atom. The molecule has 3 nitrogen and oxygen atoms in total. The first-order chi connectivity index (χ1) is 9.95. The third kappa shape index (κ3) is 6.26. The van der Waals surface area contributed by atoms with Crippen LogP contribution in [0.4, 0.5) is 26.3 Å². The zero-order chi connectivity index (χ0) is 17.1. The maximum Gasteiger partial charge on any atom is 0.416 e. The van der Waals surface area contributed by atoms with Gasteiger partial charge in [0, 0.05) is 6.04 Å². The van der Waals surface area contributed by atoms with Gasteiger partial charge in [-0.3, -0.25) is 4.79 Å². The molecule has 0 aromatic heterocycles. The van der Waals surface area contributed by atoms with E-state index in [1.807, 2.05) is 0 Å². The fraction of sp³-hybridized carbons (Fsp3) is 0.462. The average molecular weight is 366 g/mol. The predicted molar refractivity (Wildman–Crippen MR) is 71.9 cm³/mol. The molecule has 1 aromatic rings. The van der Waals surface area contributed by atoms with Crippen LogP contribution in [0.25, 0.3) is 0 Å². The molecule has 0 aliphatic rings. The van der Waals surface area contributed by atoms with Crippen molar-refractivity contribution in [1.29, 1.82) is 0 Å². The van der Waals surface area contributed by atoms with Crippen molar-refractivity contribution >= 4 is 18.4 Å². The van der Waals surface area contributed by atoms with Crippen molar-refractivity contribution in [1.82, 2.24) is 0 Å². The molecule has 0 fully saturated rings. The third-order valence-corrected chi connectivity index (χ3v) is 2.73. The number of carbonyl (C=O) groups is 1. The summed E-state index contributed by atoms with van der Waals surface area (Å²) >= 11 is 0. The molecule has 0 saturated heterocycles. The summed E-state index contributed by atoms with van der Waals surface area (Å²) < 4.78 is 80.7. The van der Waals surface area contributed by atoms with Gasteiger partial charge in [-0.1, -0.05) is 0 Å². The standard InChI is InChI=1S/C13H13F6NO2.ClH/c1-2-22-11(21)6-10(20)7-3-8(12(14,15)16)5-9(4-7)13(17,18)19;/h3-5,10H,2,6,20H2,1H3;1H/t10-;/m0./s1. The van der Waals surface area contributed by atoms with Crippen molar-refractivity contribution in [3.8, 4) is 0 Å². The lowest BCUT2D eigenvalue weighted by Crippen LogP contribution is -2.19. The topological polar surface area (TPSA) is 52.3 Å². The van der Waals surface area contributed by atoms with E-state index in [9.17, 15) is 31.1 Å². The number of halogens is 7. The van der Waals surface area contributed by atoms with Crippen LogP contribution in [-0.2, 0) is 21.9 Å². The molecule has 0 radical (unpaired) electrons. The number of hydrogen-bond donors (Lipinski definition) is 1. The normalized spacial score (nSPS) is 13.2. The summed E-state index contributed by atoms with van der Waals surface area (Å²) in [4.78, 5) is 11.2. The maximum atomic E-state index is 12.7. The number of ether oxygens (including phenoxy) is 1. The molecule has 0 aliphatic carbocycles. The van der Waals surface area contributed by atoms with Crippen LogP contribution >= 0.6 is 12.4 Å². The van der Waals surface area contributed by atoms with Crippen LogP contribution in [0, 0.1) is 0 Å². The average Bonchev–Trinajstić information content (AvgIpc) is 2.36. The first-order valence-corrected chi connectivity index (χ1v) is 6.15. The molecular formula is C13H14ClF6NO2. The molecule has 0 spiro atoms. The molecule has 1 aromatic carbocycles. The summed E-state index contributed by atoms with van der Waals surface area (Å²) in [7, 11) is 0. The van der Waals surface area contributed by atoms with Gasteiger partial charge in [0.2, 0.25) is 0 Å². The highest BCUT2D eigenvalue weighted by Gasteiger charge is 2.37. The fourth-order valence-electron chi connectivity index (χ4n) is 1.71. The highest BCUT2D eigenvalue weighted by Crippen LogP contribution is 2.37. The van der Waals surface area contributed by atoms with Crippen LogP contribution in [-0.4, -0.2) is 12.6 Å². The second-order valence-electron chi connectivity index (χ2n) is 4.45. The van der Waals surface area contributed by atoms with Gasteiger partial charge < -0.3 is 10.5 Å². The van der Waals surface area contributed by atoms with Crippen molar-refractivity contribution in [3.63, 3.8) is 0 Å². The van der Waals surface area contributed by atoms with Crippen molar-refractivity contribution in [2.75, 3.05) is 6.61 Å². The molecule has 1 atom stereocenters. The van der Waals surface area contributed by atoms with Crippen molar-refractivity contribution < 1.29 is 35.9 Å². The van der Waals surface area contributed by atoms with E-state index >= 15 is 0 Å². The molecule has 0 amide bonds. The van der Waals surface area contributed by atoms with Gasteiger partial charge in [-0.15, -0.1) is 12.4 Å². The van der Waals surface area contributed by atoms with Crippen LogP contribution in [0.2, 0.25) is 0 Å². The Kier molecular flexibility index (Phi) is 7.36. The summed E-state index contributed by atoms with van der Waals surface area (Å²) in [5.41, 5.74) is 2.13. The predicted octanol–water partition coefficient (Wildman–Crippen LogP) is 4.10. The van der Waals surface area contributed by atoms with Crippen LogP contribution < -0.4 is 5.73 Å². The van der Waals surface area contributed by atoms with E-state index in [1.165, 1.54) is 6.92 Å². The Bertz CT molecular complexity index is 512. The molecule has 0 bridgehead atoms. The smallest absolute Gasteiger partial charge is 0.416 e. The van der Waals surface area contributed by atoms with Crippen LogP contribution in [0.15, 0.2) is 18.2 Å².